The summed E-state index contributed by atoms with van der Waals surface area (Å²) in [5.74, 6) is 1.04. The van der Waals surface area contributed by atoms with Gasteiger partial charge in [0.1, 0.15) is 0 Å². The average molecular weight is 511 g/mol. The molecule has 1 aliphatic heterocycles. The van der Waals surface area contributed by atoms with Gasteiger partial charge in [0, 0.05) is 20.5 Å². The lowest BCUT2D eigenvalue weighted by molar-refractivity contribution is -0.140. The van der Waals surface area contributed by atoms with Crippen molar-refractivity contribution in [3.63, 3.8) is 0 Å². The highest BCUT2D eigenvalue weighted by Gasteiger charge is 2.67. The fraction of sp³-hybridized carbons (Fsp3) is 0.375. The molecule has 0 radical (unpaired) electrons. The molecular formula is C24H22IN3O2. The Morgan fingerprint density at radius 3 is 2.30 bits per heavy atom. The molecule has 6 atom stereocenters. The Morgan fingerprint density at radius 2 is 1.67 bits per heavy atom. The Balaban J connectivity index is 1.32. The minimum absolute atomic E-state index is 0.114. The summed E-state index contributed by atoms with van der Waals surface area (Å²) in [6.07, 6.45) is 7.22. The fourth-order valence-electron chi connectivity index (χ4n) is 6.10. The van der Waals surface area contributed by atoms with E-state index in [0.29, 0.717) is 11.8 Å². The molecule has 1 aromatic heterocycles. The number of benzene rings is 1. The minimum Gasteiger partial charge on any atom is -0.317 e. The van der Waals surface area contributed by atoms with Gasteiger partial charge < -0.3 is 4.57 Å². The van der Waals surface area contributed by atoms with Gasteiger partial charge in [-0.25, -0.2) is 0 Å². The minimum atomic E-state index is -0.202. The zero-order valence-corrected chi connectivity index (χ0v) is 19.0. The van der Waals surface area contributed by atoms with Crippen molar-refractivity contribution in [3.8, 4) is 5.69 Å². The Kier molecular flexibility index (Phi) is 3.95. The monoisotopic (exact) mass is 511 g/mol. The van der Waals surface area contributed by atoms with Crippen LogP contribution in [0.5, 0.6) is 0 Å². The summed E-state index contributed by atoms with van der Waals surface area (Å²) in [4.78, 5) is 26.2. The lowest BCUT2D eigenvalue weighted by atomic mass is 9.63. The first-order valence-electron chi connectivity index (χ1n) is 10.5. The van der Waals surface area contributed by atoms with Crippen molar-refractivity contribution >= 4 is 40.6 Å². The molecule has 0 unspecified atom stereocenters. The van der Waals surface area contributed by atoms with Gasteiger partial charge in [-0.15, -0.1) is 0 Å². The summed E-state index contributed by atoms with van der Waals surface area (Å²) in [6.45, 7) is 4.10. The molecule has 2 bridgehead atoms. The van der Waals surface area contributed by atoms with E-state index in [1.54, 1.807) is 6.21 Å². The number of rotatable bonds is 3. The van der Waals surface area contributed by atoms with Gasteiger partial charge in [0.25, 0.3) is 11.8 Å². The highest BCUT2D eigenvalue weighted by atomic mass is 127. The Bertz CT molecular complexity index is 1130. The smallest absolute Gasteiger partial charge is 0.254 e. The largest absolute Gasteiger partial charge is 0.317 e. The summed E-state index contributed by atoms with van der Waals surface area (Å²) < 4.78 is 3.35. The van der Waals surface area contributed by atoms with Gasteiger partial charge in [-0.3, -0.25) is 9.59 Å². The van der Waals surface area contributed by atoms with Gasteiger partial charge in [0.2, 0.25) is 0 Å². The maximum absolute atomic E-state index is 13.1. The van der Waals surface area contributed by atoms with E-state index in [0.717, 1.165) is 31.2 Å². The van der Waals surface area contributed by atoms with Crippen LogP contribution < -0.4 is 0 Å². The number of aryl methyl sites for hydroxylation is 1. The number of hydrogen-bond acceptors (Lipinski definition) is 3. The van der Waals surface area contributed by atoms with Crippen molar-refractivity contribution in [1.82, 2.24) is 9.58 Å². The Morgan fingerprint density at radius 1 is 1.03 bits per heavy atom. The van der Waals surface area contributed by atoms with Gasteiger partial charge >= 0.3 is 0 Å². The molecule has 4 aliphatic carbocycles. The quantitative estimate of drug-likeness (QED) is 0.270. The maximum atomic E-state index is 13.1. The van der Waals surface area contributed by atoms with Gasteiger partial charge in [-0.2, -0.15) is 10.1 Å². The van der Waals surface area contributed by atoms with Crippen LogP contribution in [-0.2, 0) is 9.59 Å². The molecule has 6 heteroatoms. The summed E-state index contributed by atoms with van der Waals surface area (Å²) >= 11 is 2.34. The number of imide groups is 1. The number of nitrogens with zero attached hydrogens (tertiary/aromatic N) is 3. The molecule has 2 saturated carbocycles. The van der Waals surface area contributed by atoms with Crippen molar-refractivity contribution in [2.75, 3.05) is 0 Å². The van der Waals surface area contributed by atoms with E-state index in [2.05, 4.69) is 69.5 Å². The number of hydrogen-bond donors (Lipinski definition) is 0. The number of carbonyl (C=O) groups is 2. The predicted molar refractivity (Wildman–Crippen MR) is 122 cm³/mol. The van der Waals surface area contributed by atoms with Crippen LogP contribution >= 0.6 is 22.6 Å². The molecule has 1 aromatic carbocycles. The fourth-order valence-corrected chi connectivity index (χ4v) is 6.73. The summed E-state index contributed by atoms with van der Waals surface area (Å²) in [5.41, 5.74) is 4.17. The van der Waals surface area contributed by atoms with E-state index >= 15 is 0 Å². The number of carbonyl (C=O) groups excluding carboxylic acids is 2. The number of allylic oxidation sites excluding steroid dienone is 2. The first kappa shape index (κ1) is 18.5. The highest BCUT2D eigenvalue weighted by Crippen LogP contribution is 2.65. The third-order valence-electron chi connectivity index (χ3n) is 7.52. The molecule has 1 saturated heterocycles. The van der Waals surface area contributed by atoms with Crippen LogP contribution in [0.4, 0.5) is 0 Å². The number of aromatic nitrogens is 1. The Hall–Kier alpha value is -2.22. The molecule has 0 spiro atoms. The standard InChI is InChI=1S/C24H22IN3O2/c1-12-9-14(13(2)27(12)20-6-4-3-5-19(20)25)11-26-28-23(29)21-15-7-8-16(18-10-17(15)18)22(21)24(28)30/h3-9,11,15-18,21-22H,10H2,1-2H3/b26-11-/t15-,16-,17-,18+,21-,22+/m0/s1. The van der Waals surface area contributed by atoms with Crippen LogP contribution in [0.1, 0.15) is 23.4 Å². The van der Waals surface area contributed by atoms with Crippen LogP contribution in [0.3, 0.4) is 0 Å². The summed E-state index contributed by atoms with van der Waals surface area (Å²) in [6, 6.07) is 10.3. The number of halogens is 1. The van der Waals surface area contributed by atoms with E-state index in [1.807, 2.05) is 19.1 Å². The third kappa shape index (κ3) is 2.43. The summed E-state index contributed by atoms with van der Waals surface area (Å²) in [7, 11) is 0. The molecule has 5 nitrogen and oxygen atoms in total. The highest BCUT2D eigenvalue weighted by molar-refractivity contribution is 14.1. The third-order valence-corrected chi connectivity index (χ3v) is 8.43. The second kappa shape index (κ2) is 6.39. The van der Waals surface area contributed by atoms with E-state index in [4.69, 9.17) is 0 Å². The normalized spacial score (nSPS) is 33.5. The first-order chi connectivity index (χ1) is 14.5. The van der Waals surface area contributed by atoms with Crippen LogP contribution in [0.2, 0.25) is 0 Å². The van der Waals surface area contributed by atoms with E-state index < -0.39 is 0 Å². The molecule has 0 N–H and O–H groups in total. The summed E-state index contributed by atoms with van der Waals surface area (Å²) in [5, 5.41) is 5.57. The predicted octanol–water partition coefficient (Wildman–Crippen LogP) is 4.09. The number of para-hydroxylation sites is 1. The molecular weight excluding hydrogens is 489 g/mol. The Labute approximate surface area is 189 Å². The van der Waals surface area contributed by atoms with Gasteiger partial charge in [-0.05, 0) is 84.7 Å². The van der Waals surface area contributed by atoms with Crippen LogP contribution in [0, 0.1) is 52.9 Å². The van der Waals surface area contributed by atoms with E-state index in [9.17, 15) is 9.59 Å². The van der Waals surface area contributed by atoms with Crippen LogP contribution in [0.25, 0.3) is 5.69 Å². The lowest BCUT2D eigenvalue weighted by Gasteiger charge is -2.37. The molecule has 7 rings (SSSR count). The van der Waals surface area contributed by atoms with E-state index in [1.165, 1.54) is 6.42 Å². The zero-order chi connectivity index (χ0) is 20.7. The van der Waals surface area contributed by atoms with Gasteiger partial charge in [0.15, 0.2) is 0 Å². The van der Waals surface area contributed by atoms with Crippen molar-refractivity contribution in [1.29, 1.82) is 0 Å². The molecule has 3 fully saturated rings. The second-order valence-electron chi connectivity index (χ2n) is 9.00. The topological polar surface area (TPSA) is 54.7 Å². The number of amides is 2. The van der Waals surface area contributed by atoms with Crippen molar-refractivity contribution < 1.29 is 9.59 Å². The molecule has 152 valence electrons. The van der Waals surface area contributed by atoms with Gasteiger partial charge in [-0.1, -0.05) is 24.3 Å². The number of hydrazone groups is 1. The SMILES string of the molecule is Cc1cc(/C=N\N2C(=O)[C@@H]3[C@H]4C=C[C@@H]([C@@H]5C[C@H]45)[C@@H]3C2=O)c(C)n1-c1ccccc1I. The molecule has 2 heterocycles. The molecule has 2 amide bonds. The second-order valence-corrected chi connectivity index (χ2v) is 10.2. The molecule has 30 heavy (non-hydrogen) atoms. The first-order valence-corrected chi connectivity index (χ1v) is 11.6. The van der Waals surface area contributed by atoms with Crippen LogP contribution in [0.15, 0.2) is 47.6 Å². The molecule has 2 aromatic rings. The molecule has 5 aliphatic rings. The van der Waals surface area contributed by atoms with Crippen LogP contribution in [-0.4, -0.2) is 27.6 Å². The van der Waals surface area contributed by atoms with Gasteiger partial charge in [0.05, 0.1) is 23.7 Å². The lowest BCUT2D eigenvalue weighted by Crippen LogP contribution is -2.40. The van der Waals surface area contributed by atoms with Crippen molar-refractivity contribution in [3.05, 3.63) is 63.0 Å². The zero-order valence-electron chi connectivity index (χ0n) is 16.8. The van der Waals surface area contributed by atoms with Crippen molar-refractivity contribution in [2.45, 2.75) is 20.3 Å². The maximum Gasteiger partial charge on any atom is 0.254 e. The van der Waals surface area contributed by atoms with Crippen molar-refractivity contribution in [2.24, 2.45) is 40.6 Å². The van der Waals surface area contributed by atoms with E-state index in [-0.39, 0.29) is 35.5 Å². The average Bonchev–Trinajstić information content (AvgIpc) is 3.46.